The number of anilines is 1. The molecule has 2 heterocycles. The number of piperidine rings is 1. The molecule has 0 atom stereocenters. The maximum Gasteiger partial charge on any atom is 0.294 e. The van der Waals surface area contributed by atoms with Crippen molar-refractivity contribution >= 4 is 23.3 Å². The lowest BCUT2D eigenvalue weighted by Gasteiger charge is -2.37. The van der Waals surface area contributed by atoms with Gasteiger partial charge in [-0.15, -0.1) is 0 Å². The molecule has 0 spiro atoms. The molecule has 0 unspecified atom stereocenters. The number of carbonyl (C=O) groups excluding carboxylic acids is 3. The number of Topliss-reactive ketones (excluding diaryl/α,β-unsaturated/α-hetero) is 1. The van der Waals surface area contributed by atoms with E-state index in [2.05, 4.69) is 15.5 Å². The summed E-state index contributed by atoms with van der Waals surface area (Å²) < 4.78 is 15.2. The monoisotopic (exact) mass is 496 g/mol. The number of nitrogens with zero attached hydrogens (tertiary/aromatic N) is 2. The summed E-state index contributed by atoms with van der Waals surface area (Å²) in [6, 6.07) is 4.36. The van der Waals surface area contributed by atoms with E-state index in [9.17, 15) is 18.8 Å². The van der Waals surface area contributed by atoms with Crippen LogP contribution in [-0.4, -0.2) is 52.2 Å². The first kappa shape index (κ1) is 26.1. The number of aryl methyl sites for hydroxylation is 1. The predicted molar refractivity (Wildman–Crippen MR) is 138 cm³/mol. The lowest BCUT2D eigenvalue weighted by Crippen LogP contribution is -2.56. The van der Waals surface area contributed by atoms with Gasteiger partial charge < -0.3 is 20.1 Å². The van der Waals surface area contributed by atoms with Crippen LogP contribution < -0.4 is 10.6 Å². The Kier molecular flexibility index (Phi) is 7.64. The van der Waals surface area contributed by atoms with Crippen LogP contribution in [0.3, 0.4) is 0 Å². The molecule has 1 aliphatic heterocycles. The Hall–Kier alpha value is -3.00. The van der Waals surface area contributed by atoms with Crippen LogP contribution in [0.1, 0.15) is 82.6 Å². The fourth-order valence-corrected chi connectivity index (χ4v) is 5.88. The van der Waals surface area contributed by atoms with E-state index >= 15 is 0 Å². The van der Waals surface area contributed by atoms with Gasteiger partial charge in [0.1, 0.15) is 5.82 Å². The summed E-state index contributed by atoms with van der Waals surface area (Å²) in [7, 11) is 1.70. The van der Waals surface area contributed by atoms with Crippen LogP contribution in [0.4, 0.5) is 10.1 Å². The van der Waals surface area contributed by atoms with Gasteiger partial charge in [-0.1, -0.05) is 19.3 Å². The van der Waals surface area contributed by atoms with Crippen LogP contribution in [0, 0.1) is 26.6 Å². The Morgan fingerprint density at radius 3 is 2.31 bits per heavy atom. The molecule has 2 amide bonds. The number of aromatic nitrogens is 1. The molecule has 1 saturated carbocycles. The second-order valence-corrected chi connectivity index (χ2v) is 10.5. The topological polar surface area (TPSA) is 83.4 Å². The number of hydrogen-bond donors (Lipinski definition) is 2. The summed E-state index contributed by atoms with van der Waals surface area (Å²) in [5, 5.41) is 5.91. The van der Waals surface area contributed by atoms with E-state index in [1.54, 1.807) is 38.5 Å². The van der Waals surface area contributed by atoms with Crippen LogP contribution >= 0.6 is 0 Å². The molecule has 2 aromatic rings. The molecule has 8 heteroatoms. The molecule has 4 rings (SSSR count). The van der Waals surface area contributed by atoms with E-state index in [0.717, 1.165) is 45.3 Å². The quantitative estimate of drug-likeness (QED) is 0.439. The van der Waals surface area contributed by atoms with Crippen LogP contribution in [0.5, 0.6) is 0 Å². The van der Waals surface area contributed by atoms with Crippen LogP contribution in [0.2, 0.25) is 0 Å². The summed E-state index contributed by atoms with van der Waals surface area (Å²) in [5.74, 6) is -1.99. The van der Waals surface area contributed by atoms with Gasteiger partial charge in [0.15, 0.2) is 0 Å². The third-order valence-corrected chi connectivity index (χ3v) is 7.91. The first-order chi connectivity index (χ1) is 17.1. The summed E-state index contributed by atoms with van der Waals surface area (Å²) in [4.78, 5) is 42.2. The van der Waals surface area contributed by atoms with Crippen molar-refractivity contribution in [2.75, 3.05) is 25.0 Å². The molecule has 0 radical (unpaired) electrons. The molecule has 1 saturated heterocycles. The summed E-state index contributed by atoms with van der Waals surface area (Å²) in [6.07, 6.45) is 7.42. The van der Waals surface area contributed by atoms with Crippen LogP contribution in [-0.2, 0) is 11.8 Å². The SMILES string of the molecule is Cc1cc(NC(=O)c2c(C)c(C(=O)C(=O)NC3(CN4CCCCC4)CCCC3)n(C)c2C)ccc1F. The molecular weight excluding hydrogens is 459 g/mol. The lowest BCUT2D eigenvalue weighted by molar-refractivity contribution is -0.119. The third kappa shape index (κ3) is 5.24. The second kappa shape index (κ2) is 10.5. The van der Waals surface area contributed by atoms with E-state index < -0.39 is 17.6 Å². The average molecular weight is 497 g/mol. The van der Waals surface area contributed by atoms with Crippen molar-refractivity contribution in [3.8, 4) is 0 Å². The highest BCUT2D eigenvalue weighted by Crippen LogP contribution is 2.32. The minimum absolute atomic E-state index is 0.219. The van der Waals surface area contributed by atoms with Crippen molar-refractivity contribution in [3.63, 3.8) is 0 Å². The smallest absolute Gasteiger partial charge is 0.294 e. The highest BCUT2D eigenvalue weighted by molar-refractivity contribution is 6.43. The number of benzene rings is 1. The van der Waals surface area contributed by atoms with E-state index in [-0.39, 0.29) is 17.1 Å². The lowest BCUT2D eigenvalue weighted by atomic mass is 9.94. The molecule has 2 aliphatic rings. The first-order valence-corrected chi connectivity index (χ1v) is 12.9. The standard InChI is InChI=1S/C28H37FN4O3/c1-18-16-21(10-11-22(18)29)30-26(35)23-19(2)24(32(4)20(23)3)25(34)27(36)31-28(12-6-7-13-28)17-33-14-8-5-9-15-33/h10-11,16H,5-9,12-15,17H2,1-4H3,(H,30,35)(H,31,36). The van der Waals surface area contributed by atoms with E-state index in [1.807, 2.05) is 0 Å². The van der Waals surface area contributed by atoms with Gasteiger partial charge in [-0.2, -0.15) is 0 Å². The van der Waals surface area contributed by atoms with Crippen molar-refractivity contribution in [1.29, 1.82) is 0 Å². The Morgan fingerprint density at radius 2 is 1.67 bits per heavy atom. The van der Waals surface area contributed by atoms with E-state index in [4.69, 9.17) is 0 Å². The number of likely N-dealkylation sites (tertiary alicyclic amines) is 1. The zero-order chi connectivity index (χ0) is 26.0. The van der Waals surface area contributed by atoms with Gasteiger partial charge in [-0.25, -0.2) is 4.39 Å². The number of hydrogen-bond acceptors (Lipinski definition) is 4. The highest BCUT2D eigenvalue weighted by Gasteiger charge is 2.39. The Labute approximate surface area is 212 Å². The zero-order valence-corrected chi connectivity index (χ0v) is 21.8. The van der Waals surface area contributed by atoms with Crippen molar-refractivity contribution in [2.24, 2.45) is 7.05 Å². The van der Waals surface area contributed by atoms with Gasteiger partial charge in [0.2, 0.25) is 0 Å². The number of rotatable bonds is 7. The number of halogens is 1. The third-order valence-electron chi connectivity index (χ3n) is 7.91. The minimum atomic E-state index is -0.625. The fraction of sp³-hybridized carbons (Fsp3) is 0.536. The minimum Gasteiger partial charge on any atom is -0.344 e. The van der Waals surface area contributed by atoms with Gasteiger partial charge in [-0.05, 0) is 88.9 Å². The van der Waals surface area contributed by atoms with Crippen LogP contribution in [0.15, 0.2) is 18.2 Å². The number of carbonyl (C=O) groups is 3. The summed E-state index contributed by atoms with van der Waals surface area (Å²) in [5.41, 5.74) is 2.13. The van der Waals surface area contributed by atoms with Crippen molar-refractivity contribution in [3.05, 3.63) is 52.1 Å². The normalized spacial score (nSPS) is 17.7. The average Bonchev–Trinajstić information content (AvgIpc) is 3.38. The zero-order valence-electron chi connectivity index (χ0n) is 21.8. The molecule has 1 aromatic carbocycles. The Morgan fingerprint density at radius 1 is 1.00 bits per heavy atom. The molecule has 36 heavy (non-hydrogen) atoms. The maximum atomic E-state index is 13.6. The highest BCUT2D eigenvalue weighted by atomic mass is 19.1. The van der Waals surface area contributed by atoms with Crippen molar-refractivity contribution < 1.29 is 18.8 Å². The van der Waals surface area contributed by atoms with Gasteiger partial charge in [-0.3, -0.25) is 14.4 Å². The molecule has 2 N–H and O–H groups in total. The second-order valence-electron chi connectivity index (χ2n) is 10.5. The van der Waals surface area contributed by atoms with Gasteiger partial charge in [0, 0.05) is 25.0 Å². The van der Waals surface area contributed by atoms with E-state index in [1.165, 1.54) is 31.4 Å². The van der Waals surface area contributed by atoms with Gasteiger partial charge in [0.05, 0.1) is 16.8 Å². The largest absolute Gasteiger partial charge is 0.344 e. The first-order valence-electron chi connectivity index (χ1n) is 12.9. The number of ketones is 1. The van der Waals surface area contributed by atoms with Crippen LogP contribution in [0.25, 0.3) is 0 Å². The van der Waals surface area contributed by atoms with Crippen molar-refractivity contribution in [1.82, 2.24) is 14.8 Å². The number of amides is 2. The molecule has 7 nitrogen and oxygen atoms in total. The Balaban J connectivity index is 1.53. The van der Waals surface area contributed by atoms with E-state index in [0.29, 0.717) is 28.1 Å². The fourth-order valence-electron chi connectivity index (χ4n) is 5.88. The molecule has 2 fully saturated rings. The molecule has 1 aliphatic carbocycles. The maximum absolute atomic E-state index is 13.6. The summed E-state index contributed by atoms with van der Waals surface area (Å²) >= 11 is 0. The van der Waals surface area contributed by atoms with Gasteiger partial charge >= 0.3 is 0 Å². The predicted octanol–water partition coefficient (Wildman–Crippen LogP) is 4.44. The molecule has 194 valence electrons. The van der Waals surface area contributed by atoms with Crippen molar-refractivity contribution in [2.45, 2.75) is 71.3 Å². The summed E-state index contributed by atoms with van der Waals surface area (Å²) in [6.45, 7) is 7.92. The molecule has 0 bridgehead atoms. The number of nitrogens with one attached hydrogen (secondary N) is 2. The Bertz CT molecular complexity index is 1170. The molecular formula is C28H37FN4O3. The van der Waals surface area contributed by atoms with Gasteiger partial charge in [0.25, 0.3) is 17.6 Å². The molecule has 1 aromatic heterocycles.